The average molecular weight is 458 g/mol. The van der Waals surface area contributed by atoms with Crippen molar-refractivity contribution in [2.24, 2.45) is 5.92 Å². The van der Waals surface area contributed by atoms with Crippen LogP contribution in [0.15, 0.2) is 66.5 Å². The third-order valence-electron chi connectivity index (χ3n) is 6.65. The number of ether oxygens (including phenoxy) is 2. The van der Waals surface area contributed by atoms with Crippen LogP contribution in [-0.4, -0.2) is 41.8 Å². The summed E-state index contributed by atoms with van der Waals surface area (Å²) < 4.78 is 10.6. The molecule has 5 rings (SSSR count). The van der Waals surface area contributed by atoms with Crippen molar-refractivity contribution in [3.8, 4) is 0 Å². The van der Waals surface area contributed by atoms with Gasteiger partial charge in [0.15, 0.2) is 0 Å². The van der Waals surface area contributed by atoms with E-state index in [1.165, 1.54) is 29.4 Å². The van der Waals surface area contributed by atoms with Gasteiger partial charge in [-0.2, -0.15) is 0 Å². The summed E-state index contributed by atoms with van der Waals surface area (Å²) in [6.07, 6.45) is 8.47. The number of fused-ring (bicyclic) bond motifs is 3. The summed E-state index contributed by atoms with van der Waals surface area (Å²) in [4.78, 5) is 32.6. The lowest BCUT2D eigenvalue weighted by molar-refractivity contribution is -0.142. The number of amides is 1. The van der Waals surface area contributed by atoms with Crippen molar-refractivity contribution in [3.05, 3.63) is 83.2 Å². The fourth-order valence-electron chi connectivity index (χ4n) is 4.99. The van der Waals surface area contributed by atoms with E-state index in [4.69, 9.17) is 9.47 Å². The first-order chi connectivity index (χ1) is 16.5. The van der Waals surface area contributed by atoms with Gasteiger partial charge in [-0.3, -0.25) is 0 Å². The first-order valence-corrected chi connectivity index (χ1v) is 11.5. The SMILES string of the molecule is COC(=O)C(Cc1c[nH]c2ncccc12)NC(=O)OCC1C2=C(C=CC(C)C2)c2ccccc21. The second-order valence-corrected chi connectivity index (χ2v) is 8.86. The Kier molecular flexibility index (Phi) is 5.92. The van der Waals surface area contributed by atoms with Gasteiger partial charge in [0, 0.05) is 30.1 Å². The summed E-state index contributed by atoms with van der Waals surface area (Å²) >= 11 is 0. The third kappa shape index (κ3) is 4.09. The molecule has 174 valence electrons. The first-order valence-electron chi connectivity index (χ1n) is 11.5. The van der Waals surface area contributed by atoms with E-state index in [2.05, 4.69) is 46.5 Å². The molecular formula is C27H27N3O4. The van der Waals surface area contributed by atoms with Crippen molar-refractivity contribution in [2.75, 3.05) is 13.7 Å². The van der Waals surface area contributed by atoms with Crippen LogP contribution in [0.25, 0.3) is 16.6 Å². The number of benzene rings is 1. The van der Waals surface area contributed by atoms with Gasteiger partial charge < -0.3 is 19.8 Å². The zero-order valence-electron chi connectivity index (χ0n) is 19.2. The van der Waals surface area contributed by atoms with E-state index in [9.17, 15) is 9.59 Å². The zero-order chi connectivity index (χ0) is 23.7. The number of H-pyrrole nitrogens is 1. The second kappa shape index (κ2) is 9.17. The summed E-state index contributed by atoms with van der Waals surface area (Å²) in [6, 6.07) is 11.1. The van der Waals surface area contributed by atoms with Crippen LogP contribution < -0.4 is 5.32 Å². The average Bonchev–Trinajstić information content (AvgIpc) is 3.40. The Morgan fingerprint density at radius 3 is 2.94 bits per heavy atom. The summed E-state index contributed by atoms with van der Waals surface area (Å²) in [5, 5.41) is 3.60. The summed E-state index contributed by atoms with van der Waals surface area (Å²) in [6.45, 7) is 2.40. The van der Waals surface area contributed by atoms with Gasteiger partial charge in [-0.1, -0.05) is 48.9 Å². The van der Waals surface area contributed by atoms with Crippen molar-refractivity contribution in [3.63, 3.8) is 0 Å². The minimum atomic E-state index is -0.875. The predicted molar refractivity (Wildman–Crippen MR) is 129 cm³/mol. The highest BCUT2D eigenvalue weighted by Crippen LogP contribution is 2.47. The van der Waals surface area contributed by atoms with E-state index >= 15 is 0 Å². The smallest absolute Gasteiger partial charge is 0.407 e. The monoisotopic (exact) mass is 457 g/mol. The Bertz CT molecular complexity index is 1310. The number of esters is 1. The lowest BCUT2D eigenvalue weighted by Gasteiger charge is -2.22. The van der Waals surface area contributed by atoms with Crippen LogP contribution in [-0.2, 0) is 20.7 Å². The number of methoxy groups -OCH3 is 1. The molecule has 0 aliphatic heterocycles. The molecule has 3 unspecified atom stereocenters. The van der Waals surface area contributed by atoms with Crippen LogP contribution in [0.4, 0.5) is 4.79 Å². The van der Waals surface area contributed by atoms with Crippen LogP contribution in [0.2, 0.25) is 0 Å². The third-order valence-corrected chi connectivity index (χ3v) is 6.65. The summed E-state index contributed by atoms with van der Waals surface area (Å²) in [7, 11) is 1.31. The van der Waals surface area contributed by atoms with Crippen molar-refractivity contribution in [1.29, 1.82) is 0 Å². The first kappa shape index (κ1) is 21.9. The predicted octanol–water partition coefficient (Wildman–Crippen LogP) is 4.52. The van der Waals surface area contributed by atoms with E-state index in [1.54, 1.807) is 12.4 Å². The van der Waals surface area contributed by atoms with Gasteiger partial charge in [0.25, 0.3) is 0 Å². The highest BCUT2D eigenvalue weighted by molar-refractivity contribution is 5.86. The van der Waals surface area contributed by atoms with Crippen LogP contribution >= 0.6 is 0 Å². The molecule has 2 aliphatic carbocycles. The number of hydrogen-bond acceptors (Lipinski definition) is 5. The lowest BCUT2D eigenvalue weighted by atomic mass is 9.86. The molecule has 1 amide bonds. The highest BCUT2D eigenvalue weighted by atomic mass is 16.6. The summed E-state index contributed by atoms with van der Waals surface area (Å²) in [5.74, 6) is -0.0722. The topological polar surface area (TPSA) is 93.3 Å². The number of pyridine rings is 1. The minimum absolute atomic E-state index is 0.0145. The molecule has 2 aliphatic rings. The molecule has 0 saturated carbocycles. The molecule has 0 fully saturated rings. The number of aromatic amines is 1. The molecule has 0 radical (unpaired) electrons. The number of carbonyl (C=O) groups is 2. The largest absolute Gasteiger partial charge is 0.467 e. The molecule has 7 nitrogen and oxygen atoms in total. The molecule has 3 atom stereocenters. The zero-order valence-corrected chi connectivity index (χ0v) is 19.2. The van der Waals surface area contributed by atoms with Gasteiger partial charge in [0.2, 0.25) is 0 Å². The molecular weight excluding hydrogens is 430 g/mol. The molecule has 0 bridgehead atoms. The normalized spacial score (nSPS) is 19.5. The minimum Gasteiger partial charge on any atom is -0.467 e. The van der Waals surface area contributed by atoms with Gasteiger partial charge >= 0.3 is 12.1 Å². The van der Waals surface area contributed by atoms with E-state index in [1.807, 2.05) is 24.3 Å². The molecule has 2 aromatic heterocycles. The number of aromatic nitrogens is 2. The Balaban J connectivity index is 1.29. The van der Waals surface area contributed by atoms with Crippen molar-refractivity contribution in [2.45, 2.75) is 31.7 Å². The van der Waals surface area contributed by atoms with Crippen LogP contribution in [0.3, 0.4) is 0 Å². The molecule has 34 heavy (non-hydrogen) atoms. The van der Waals surface area contributed by atoms with E-state index in [0.29, 0.717) is 5.92 Å². The van der Waals surface area contributed by atoms with Gasteiger partial charge in [-0.05, 0) is 46.7 Å². The Morgan fingerprint density at radius 2 is 2.09 bits per heavy atom. The number of nitrogens with one attached hydrogen (secondary N) is 2. The number of hydrogen-bond donors (Lipinski definition) is 2. The number of carbonyl (C=O) groups excluding carboxylic acids is 2. The van der Waals surface area contributed by atoms with Crippen molar-refractivity contribution >= 4 is 28.7 Å². The van der Waals surface area contributed by atoms with Gasteiger partial charge in [0.1, 0.15) is 18.3 Å². The van der Waals surface area contributed by atoms with Gasteiger partial charge in [-0.25, -0.2) is 14.6 Å². The Labute approximate surface area is 197 Å². The number of rotatable bonds is 6. The standard InChI is InChI=1S/C27H27N3O4/c1-16-9-10-21-19-6-3-4-7-20(19)23(22(21)12-16)15-34-27(32)30-24(26(31)33-2)13-17-14-29-25-18(17)8-5-11-28-25/h3-11,14,16,23-24H,12-13,15H2,1-2H3,(H,28,29)(H,30,32). The quantitative estimate of drug-likeness (QED) is 0.531. The molecule has 0 saturated heterocycles. The summed E-state index contributed by atoms with van der Waals surface area (Å²) in [5.41, 5.74) is 6.51. The molecule has 1 aromatic carbocycles. The lowest BCUT2D eigenvalue weighted by Crippen LogP contribution is -2.43. The van der Waals surface area contributed by atoms with Crippen molar-refractivity contribution < 1.29 is 19.1 Å². The molecule has 2 N–H and O–H groups in total. The maximum atomic E-state index is 12.8. The molecule has 7 heteroatoms. The number of allylic oxidation sites excluding steroid dienone is 3. The second-order valence-electron chi connectivity index (χ2n) is 8.86. The maximum absolute atomic E-state index is 12.8. The number of nitrogens with zero attached hydrogens (tertiary/aromatic N) is 1. The van der Waals surface area contributed by atoms with E-state index in [0.717, 1.165) is 23.0 Å². The van der Waals surface area contributed by atoms with Crippen LogP contribution in [0, 0.1) is 5.92 Å². The fraction of sp³-hybridized carbons (Fsp3) is 0.296. The fourth-order valence-corrected chi connectivity index (χ4v) is 4.99. The Hall–Kier alpha value is -3.87. The molecule has 0 spiro atoms. The molecule has 3 aromatic rings. The van der Waals surface area contributed by atoms with Crippen LogP contribution in [0.1, 0.15) is 36.0 Å². The molecule has 2 heterocycles. The van der Waals surface area contributed by atoms with Gasteiger partial charge in [-0.15, -0.1) is 0 Å². The van der Waals surface area contributed by atoms with E-state index < -0.39 is 18.1 Å². The van der Waals surface area contributed by atoms with Crippen molar-refractivity contribution in [1.82, 2.24) is 15.3 Å². The maximum Gasteiger partial charge on any atom is 0.407 e. The highest BCUT2D eigenvalue weighted by Gasteiger charge is 2.33. The van der Waals surface area contributed by atoms with E-state index in [-0.39, 0.29) is 18.9 Å². The van der Waals surface area contributed by atoms with Crippen LogP contribution in [0.5, 0.6) is 0 Å². The Morgan fingerprint density at radius 1 is 1.24 bits per heavy atom. The number of alkyl carbamates (subject to hydrolysis) is 1. The van der Waals surface area contributed by atoms with Gasteiger partial charge in [0.05, 0.1) is 7.11 Å².